The van der Waals surface area contributed by atoms with E-state index in [0.717, 1.165) is 38.3 Å². The third-order valence-corrected chi connectivity index (χ3v) is 5.17. The predicted octanol–water partition coefficient (Wildman–Crippen LogP) is 2.23. The van der Waals surface area contributed by atoms with Crippen LogP contribution in [-0.2, 0) is 11.2 Å². The molecular weight excluding hydrogens is 400 g/mol. The molecule has 1 aromatic carbocycles. The van der Waals surface area contributed by atoms with Crippen LogP contribution in [0.25, 0.3) is 0 Å². The second-order valence-electron chi connectivity index (χ2n) is 7.17. The van der Waals surface area contributed by atoms with Gasteiger partial charge in [-0.05, 0) is 37.5 Å². The molecule has 1 unspecified atom stereocenters. The first kappa shape index (κ1) is 21.9. The quantitative estimate of drug-likeness (QED) is 0.443. The molecule has 0 bridgehead atoms. The summed E-state index contributed by atoms with van der Waals surface area (Å²) < 4.78 is 0. The first-order valence-corrected chi connectivity index (χ1v) is 10.7. The van der Waals surface area contributed by atoms with Crippen molar-refractivity contribution in [1.29, 1.82) is 0 Å². The van der Waals surface area contributed by atoms with Crippen molar-refractivity contribution in [2.24, 2.45) is 4.99 Å². The Bertz CT molecular complexity index is 845. The number of rotatable bonds is 8. The van der Waals surface area contributed by atoms with Crippen molar-refractivity contribution in [3.63, 3.8) is 0 Å². The van der Waals surface area contributed by atoms with Gasteiger partial charge in [-0.25, -0.2) is 9.98 Å². The largest absolute Gasteiger partial charge is 0.357 e. The Morgan fingerprint density at radius 1 is 1.23 bits per heavy atom. The Labute approximate surface area is 182 Å². The number of nitrogens with zero attached hydrogens (tertiary/aromatic N) is 3. The van der Waals surface area contributed by atoms with Crippen molar-refractivity contribution in [2.75, 3.05) is 37.6 Å². The molecule has 7 nitrogen and oxygen atoms in total. The molecule has 1 atom stereocenters. The number of anilines is 1. The molecule has 3 N–H and O–H groups in total. The molecule has 2 heterocycles. The van der Waals surface area contributed by atoms with Gasteiger partial charge in [0, 0.05) is 38.4 Å². The Hall–Kier alpha value is -2.80. The number of nitrogens with one attached hydrogen (secondary N) is 3. The van der Waals surface area contributed by atoms with E-state index in [1.165, 1.54) is 5.56 Å². The summed E-state index contributed by atoms with van der Waals surface area (Å²) in [5, 5.41) is 10.2. The van der Waals surface area contributed by atoms with E-state index in [9.17, 15) is 4.79 Å². The minimum Gasteiger partial charge on any atom is -0.357 e. The highest BCUT2D eigenvalue weighted by molar-refractivity contribution is 6.32. The van der Waals surface area contributed by atoms with E-state index in [4.69, 9.17) is 11.6 Å². The van der Waals surface area contributed by atoms with Crippen molar-refractivity contribution in [2.45, 2.75) is 25.8 Å². The Morgan fingerprint density at radius 2 is 2.07 bits per heavy atom. The lowest BCUT2D eigenvalue weighted by Crippen LogP contribution is -2.45. The average Bonchev–Trinajstić information content (AvgIpc) is 3.21. The van der Waals surface area contributed by atoms with Gasteiger partial charge in [0.15, 0.2) is 5.96 Å². The van der Waals surface area contributed by atoms with Crippen LogP contribution < -0.4 is 20.9 Å². The highest BCUT2D eigenvalue weighted by atomic mass is 35.5. The van der Waals surface area contributed by atoms with Gasteiger partial charge in [-0.2, -0.15) is 0 Å². The average molecular weight is 429 g/mol. The van der Waals surface area contributed by atoms with Crippen LogP contribution in [0.4, 0.5) is 5.82 Å². The molecule has 0 saturated carbocycles. The van der Waals surface area contributed by atoms with Crippen LogP contribution in [0.2, 0.25) is 5.02 Å². The fourth-order valence-electron chi connectivity index (χ4n) is 3.39. The Morgan fingerprint density at radius 3 is 2.83 bits per heavy atom. The van der Waals surface area contributed by atoms with Gasteiger partial charge >= 0.3 is 0 Å². The molecule has 160 valence electrons. The Balaban J connectivity index is 1.46. The number of carbonyl (C=O) groups excluding carboxylic acids is 1. The fraction of sp³-hybridized carbons (Fsp3) is 0.409. The summed E-state index contributed by atoms with van der Waals surface area (Å²) in [4.78, 5) is 23.1. The van der Waals surface area contributed by atoms with Crippen molar-refractivity contribution < 1.29 is 4.79 Å². The molecule has 30 heavy (non-hydrogen) atoms. The fourth-order valence-corrected chi connectivity index (χ4v) is 3.63. The molecule has 0 radical (unpaired) electrons. The monoisotopic (exact) mass is 428 g/mol. The normalized spacial score (nSPS) is 16.4. The maximum Gasteiger partial charge on any atom is 0.241 e. The van der Waals surface area contributed by atoms with Gasteiger partial charge < -0.3 is 20.9 Å². The van der Waals surface area contributed by atoms with E-state index in [1.54, 1.807) is 6.20 Å². The van der Waals surface area contributed by atoms with Crippen LogP contribution in [0, 0.1) is 0 Å². The topological polar surface area (TPSA) is 81.6 Å². The molecular formula is C22H29ClN6O. The highest BCUT2D eigenvalue weighted by Gasteiger charge is 2.25. The van der Waals surface area contributed by atoms with Gasteiger partial charge in [0.2, 0.25) is 5.91 Å². The molecule has 2 aromatic rings. The molecule has 0 spiro atoms. The van der Waals surface area contributed by atoms with Crippen LogP contribution in [0.3, 0.4) is 0 Å². The van der Waals surface area contributed by atoms with Gasteiger partial charge in [0.25, 0.3) is 0 Å². The molecule has 1 amide bonds. The lowest BCUT2D eigenvalue weighted by atomic mass is 10.1. The molecule has 1 fully saturated rings. The van der Waals surface area contributed by atoms with Gasteiger partial charge in [-0.15, -0.1) is 0 Å². The second-order valence-corrected chi connectivity index (χ2v) is 7.57. The number of benzene rings is 1. The molecule has 3 rings (SSSR count). The standard InChI is InChI=1S/C22H29ClN6O/c1-2-24-22(27-15-20(30)25-13-10-17-7-4-3-5-8-17)28-18-11-14-29(16-18)21-19(23)9-6-12-26-21/h3-9,12,18H,2,10-11,13-16H2,1H3,(H,25,30)(H2,24,27,28). The van der Waals surface area contributed by atoms with E-state index >= 15 is 0 Å². The summed E-state index contributed by atoms with van der Waals surface area (Å²) in [5.41, 5.74) is 1.20. The van der Waals surface area contributed by atoms with Crippen molar-refractivity contribution >= 4 is 29.3 Å². The number of aliphatic imine (C=N–C) groups is 1. The zero-order chi connectivity index (χ0) is 21.2. The van der Waals surface area contributed by atoms with E-state index in [2.05, 4.69) is 43.0 Å². The highest BCUT2D eigenvalue weighted by Crippen LogP contribution is 2.25. The number of pyridine rings is 1. The number of guanidine groups is 1. The zero-order valence-electron chi connectivity index (χ0n) is 17.3. The van der Waals surface area contributed by atoms with E-state index < -0.39 is 0 Å². The van der Waals surface area contributed by atoms with Gasteiger partial charge in [-0.3, -0.25) is 4.79 Å². The van der Waals surface area contributed by atoms with Gasteiger partial charge in [0.05, 0.1) is 5.02 Å². The minimum atomic E-state index is -0.0866. The number of amides is 1. The van der Waals surface area contributed by atoms with E-state index in [-0.39, 0.29) is 18.5 Å². The van der Waals surface area contributed by atoms with Crippen LogP contribution >= 0.6 is 11.6 Å². The molecule has 1 aromatic heterocycles. The first-order chi connectivity index (χ1) is 14.7. The number of halogens is 1. The summed E-state index contributed by atoms with van der Waals surface area (Å²) in [7, 11) is 0. The van der Waals surface area contributed by atoms with Crippen molar-refractivity contribution in [3.8, 4) is 0 Å². The van der Waals surface area contributed by atoms with Crippen LogP contribution in [-0.4, -0.2) is 55.6 Å². The lowest BCUT2D eigenvalue weighted by molar-refractivity contribution is -0.119. The number of carbonyl (C=O) groups is 1. The predicted molar refractivity (Wildman–Crippen MR) is 122 cm³/mol. The summed E-state index contributed by atoms with van der Waals surface area (Å²) in [5.74, 6) is 1.37. The van der Waals surface area contributed by atoms with Crippen LogP contribution in [0.15, 0.2) is 53.7 Å². The van der Waals surface area contributed by atoms with Crippen molar-refractivity contribution in [1.82, 2.24) is 20.9 Å². The summed E-state index contributed by atoms with van der Waals surface area (Å²) >= 11 is 6.27. The molecule has 1 aliphatic heterocycles. The van der Waals surface area contributed by atoms with Crippen molar-refractivity contribution in [3.05, 3.63) is 59.2 Å². The lowest BCUT2D eigenvalue weighted by Gasteiger charge is -2.20. The van der Waals surface area contributed by atoms with Gasteiger partial charge in [-0.1, -0.05) is 41.9 Å². The summed E-state index contributed by atoms with van der Waals surface area (Å²) in [6, 6.07) is 14.0. The molecule has 1 aliphatic rings. The van der Waals surface area contributed by atoms with E-state index in [0.29, 0.717) is 17.5 Å². The summed E-state index contributed by atoms with van der Waals surface area (Å²) in [6.07, 6.45) is 3.51. The van der Waals surface area contributed by atoms with Crippen LogP contribution in [0.1, 0.15) is 18.9 Å². The maximum atomic E-state index is 12.1. The molecule has 8 heteroatoms. The molecule has 0 aliphatic carbocycles. The first-order valence-electron chi connectivity index (χ1n) is 10.4. The smallest absolute Gasteiger partial charge is 0.241 e. The SMILES string of the molecule is CCNC(=NCC(=O)NCCc1ccccc1)NC1CCN(c2ncccc2Cl)C1. The maximum absolute atomic E-state index is 12.1. The second kappa shape index (κ2) is 11.4. The molecule has 1 saturated heterocycles. The number of aromatic nitrogens is 1. The van der Waals surface area contributed by atoms with Gasteiger partial charge in [0.1, 0.15) is 12.4 Å². The minimum absolute atomic E-state index is 0.0866. The zero-order valence-corrected chi connectivity index (χ0v) is 18.0. The number of hydrogen-bond acceptors (Lipinski definition) is 4. The van der Waals surface area contributed by atoms with Crippen LogP contribution in [0.5, 0.6) is 0 Å². The Kier molecular flexibility index (Phi) is 8.32. The third kappa shape index (κ3) is 6.62. The summed E-state index contributed by atoms with van der Waals surface area (Å²) in [6.45, 7) is 5.07. The number of hydrogen-bond donors (Lipinski definition) is 3. The third-order valence-electron chi connectivity index (χ3n) is 4.87. The van der Waals surface area contributed by atoms with E-state index in [1.807, 2.05) is 37.3 Å².